The molecule has 0 aliphatic heterocycles. The van der Waals surface area contributed by atoms with E-state index in [0.717, 1.165) is 18.5 Å². The summed E-state index contributed by atoms with van der Waals surface area (Å²) < 4.78 is 0. The third-order valence-electron chi connectivity index (χ3n) is 1.85. The lowest BCUT2D eigenvalue weighted by Gasteiger charge is -2.11. The maximum absolute atomic E-state index is 11.2. The third-order valence-corrected chi connectivity index (χ3v) is 1.85. The molecule has 0 bridgehead atoms. The Kier molecular flexibility index (Phi) is 5.44. The van der Waals surface area contributed by atoms with E-state index >= 15 is 0 Å². The molecule has 0 aliphatic carbocycles. The minimum Gasteiger partial charge on any atom is -0.330 e. The summed E-state index contributed by atoms with van der Waals surface area (Å²) in [6, 6.07) is 0. The molecule has 0 saturated heterocycles. The number of carbonyl (C=O) groups is 1. The molecule has 0 rings (SSSR count). The van der Waals surface area contributed by atoms with Crippen molar-refractivity contribution in [1.29, 1.82) is 0 Å². The van der Waals surface area contributed by atoms with Crippen LogP contribution in [0.3, 0.4) is 0 Å². The topological polar surface area (TPSA) is 29.1 Å². The fourth-order valence-corrected chi connectivity index (χ4v) is 0.844. The highest BCUT2D eigenvalue weighted by atomic mass is 16.1. The van der Waals surface area contributed by atoms with Gasteiger partial charge in [0.1, 0.15) is 0 Å². The van der Waals surface area contributed by atoms with E-state index in [1.165, 1.54) is 0 Å². The van der Waals surface area contributed by atoms with Crippen LogP contribution in [0.5, 0.6) is 0 Å². The Morgan fingerprint density at radius 1 is 1.31 bits per heavy atom. The molecular weight excluding hydrogens is 162 g/mol. The number of carbonyl (C=O) groups excluding carboxylic acids is 1. The highest BCUT2D eigenvalue weighted by Gasteiger charge is 2.07. The first-order valence-electron chi connectivity index (χ1n) is 4.92. The van der Waals surface area contributed by atoms with Gasteiger partial charge in [-0.25, -0.2) is 0 Å². The summed E-state index contributed by atoms with van der Waals surface area (Å²) >= 11 is 0. The van der Waals surface area contributed by atoms with Gasteiger partial charge in [0, 0.05) is 11.6 Å². The molecule has 0 fully saturated rings. The molecular formula is C11H21NO. The molecule has 0 atom stereocenters. The predicted molar refractivity (Wildman–Crippen MR) is 56.2 cm³/mol. The van der Waals surface area contributed by atoms with Crippen LogP contribution in [0.25, 0.3) is 0 Å². The zero-order valence-corrected chi connectivity index (χ0v) is 9.18. The molecule has 0 spiro atoms. The number of hydrogen-bond acceptors (Lipinski definition) is 1. The summed E-state index contributed by atoms with van der Waals surface area (Å²) in [6.45, 7) is 11.9. The average molecular weight is 183 g/mol. The maximum Gasteiger partial charge on any atom is 0.226 e. The van der Waals surface area contributed by atoms with Gasteiger partial charge in [-0.15, -0.1) is 0 Å². The van der Waals surface area contributed by atoms with Crippen LogP contribution in [0.1, 0.15) is 40.5 Å². The van der Waals surface area contributed by atoms with Crippen molar-refractivity contribution in [1.82, 2.24) is 5.32 Å². The Bertz CT molecular complexity index is 183. The SMILES string of the molecule is C=C(CCC(C)C)NC(=O)C(C)C. The van der Waals surface area contributed by atoms with Gasteiger partial charge in [0.2, 0.25) is 5.91 Å². The lowest BCUT2D eigenvalue weighted by molar-refractivity contribution is -0.123. The fourth-order valence-electron chi connectivity index (χ4n) is 0.844. The fraction of sp³-hybridized carbons (Fsp3) is 0.727. The summed E-state index contributed by atoms with van der Waals surface area (Å²) in [5.41, 5.74) is 0.840. The van der Waals surface area contributed by atoms with Crippen LogP contribution in [0.2, 0.25) is 0 Å². The van der Waals surface area contributed by atoms with E-state index in [2.05, 4.69) is 25.7 Å². The van der Waals surface area contributed by atoms with Crippen LogP contribution >= 0.6 is 0 Å². The Morgan fingerprint density at radius 3 is 2.23 bits per heavy atom. The van der Waals surface area contributed by atoms with Gasteiger partial charge in [0.05, 0.1) is 0 Å². The van der Waals surface area contributed by atoms with Crippen molar-refractivity contribution in [3.8, 4) is 0 Å². The van der Waals surface area contributed by atoms with Crippen LogP contribution in [0, 0.1) is 11.8 Å². The minimum absolute atomic E-state index is 0.0378. The Balaban J connectivity index is 3.69. The molecule has 1 amide bonds. The minimum atomic E-state index is 0.0378. The van der Waals surface area contributed by atoms with Crippen molar-refractivity contribution in [3.63, 3.8) is 0 Å². The van der Waals surface area contributed by atoms with Crippen molar-refractivity contribution in [2.24, 2.45) is 11.8 Å². The normalized spacial score (nSPS) is 10.6. The van der Waals surface area contributed by atoms with Gasteiger partial charge in [0.15, 0.2) is 0 Å². The second kappa shape index (κ2) is 5.79. The molecule has 0 aliphatic rings. The smallest absolute Gasteiger partial charge is 0.226 e. The second-order valence-electron chi connectivity index (χ2n) is 4.18. The number of nitrogens with one attached hydrogen (secondary N) is 1. The van der Waals surface area contributed by atoms with E-state index in [1.54, 1.807) is 0 Å². The first kappa shape index (κ1) is 12.2. The van der Waals surface area contributed by atoms with Crippen LogP contribution in [0.15, 0.2) is 12.3 Å². The molecule has 2 heteroatoms. The van der Waals surface area contributed by atoms with Gasteiger partial charge >= 0.3 is 0 Å². The summed E-state index contributed by atoms with van der Waals surface area (Å²) in [5.74, 6) is 0.761. The van der Waals surface area contributed by atoms with Crippen molar-refractivity contribution in [3.05, 3.63) is 12.3 Å². The summed E-state index contributed by atoms with van der Waals surface area (Å²) in [7, 11) is 0. The van der Waals surface area contributed by atoms with Crippen LogP contribution in [-0.4, -0.2) is 5.91 Å². The van der Waals surface area contributed by atoms with E-state index in [9.17, 15) is 4.79 Å². The van der Waals surface area contributed by atoms with E-state index in [4.69, 9.17) is 0 Å². The number of amides is 1. The van der Waals surface area contributed by atoms with Gasteiger partial charge in [-0.05, 0) is 18.8 Å². The molecule has 76 valence electrons. The first-order chi connectivity index (χ1) is 5.93. The maximum atomic E-state index is 11.2. The van der Waals surface area contributed by atoms with Crippen molar-refractivity contribution < 1.29 is 4.79 Å². The molecule has 0 unspecified atom stereocenters. The zero-order valence-electron chi connectivity index (χ0n) is 9.18. The Labute approximate surface area is 81.4 Å². The summed E-state index contributed by atoms with van der Waals surface area (Å²) in [6.07, 6.45) is 1.97. The number of rotatable bonds is 5. The van der Waals surface area contributed by atoms with Crippen molar-refractivity contribution >= 4 is 5.91 Å². The lowest BCUT2D eigenvalue weighted by atomic mass is 10.1. The van der Waals surface area contributed by atoms with Crippen LogP contribution in [0.4, 0.5) is 0 Å². The van der Waals surface area contributed by atoms with E-state index < -0.39 is 0 Å². The number of hydrogen-bond donors (Lipinski definition) is 1. The van der Waals surface area contributed by atoms with Gasteiger partial charge in [-0.1, -0.05) is 34.3 Å². The molecule has 0 aromatic carbocycles. The second-order valence-corrected chi connectivity index (χ2v) is 4.18. The lowest BCUT2D eigenvalue weighted by Crippen LogP contribution is -2.26. The molecule has 0 saturated carbocycles. The Hall–Kier alpha value is -0.790. The summed E-state index contributed by atoms with van der Waals surface area (Å²) in [5, 5.41) is 2.80. The van der Waals surface area contributed by atoms with Crippen LogP contribution in [-0.2, 0) is 4.79 Å². The zero-order chi connectivity index (χ0) is 10.4. The van der Waals surface area contributed by atoms with Gasteiger partial charge in [-0.3, -0.25) is 4.79 Å². The number of allylic oxidation sites excluding steroid dienone is 1. The predicted octanol–water partition coefficient (Wildman–Crippen LogP) is 2.71. The first-order valence-corrected chi connectivity index (χ1v) is 4.92. The quantitative estimate of drug-likeness (QED) is 0.697. The van der Waals surface area contributed by atoms with Gasteiger partial charge in [-0.2, -0.15) is 0 Å². The molecule has 2 nitrogen and oxygen atoms in total. The molecule has 0 heterocycles. The van der Waals surface area contributed by atoms with Gasteiger partial charge in [0.25, 0.3) is 0 Å². The molecule has 0 radical (unpaired) electrons. The average Bonchev–Trinajstić information content (AvgIpc) is 2.00. The highest BCUT2D eigenvalue weighted by Crippen LogP contribution is 2.08. The Morgan fingerprint density at radius 2 is 1.85 bits per heavy atom. The van der Waals surface area contributed by atoms with E-state index in [-0.39, 0.29) is 11.8 Å². The molecule has 1 N–H and O–H groups in total. The molecule has 13 heavy (non-hydrogen) atoms. The standard InChI is InChI=1S/C11H21NO/c1-8(2)6-7-10(5)12-11(13)9(3)4/h8-9H,5-7H2,1-4H3,(H,12,13). The largest absolute Gasteiger partial charge is 0.330 e. The van der Waals surface area contributed by atoms with Crippen molar-refractivity contribution in [2.45, 2.75) is 40.5 Å². The summed E-state index contributed by atoms with van der Waals surface area (Å²) in [4.78, 5) is 11.2. The highest BCUT2D eigenvalue weighted by molar-refractivity contribution is 5.79. The van der Waals surface area contributed by atoms with Crippen LogP contribution < -0.4 is 5.32 Å². The van der Waals surface area contributed by atoms with Crippen molar-refractivity contribution in [2.75, 3.05) is 0 Å². The van der Waals surface area contributed by atoms with E-state index in [0.29, 0.717) is 5.92 Å². The van der Waals surface area contributed by atoms with E-state index in [1.807, 2.05) is 13.8 Å². The monoisotopic (exact) mass is 183 g/mol. The van der Waals surface area contributed by atoms with Gasteiger partial charge < -0.3 is 5.32 Å². The molecule has 0 aromatic rings. The molecule has 0 aromatic heterocycles. The third kappa shape index (κ3) is 6.38.